The van der Waals surface area contributed by atoms with Crippen molar-refractivity contribution >= 4 is 11.0 Å². The molecule has 5 heteroatoms. The normalized spacial score (nSPS) is 20.2. The second kappa shape index (κ2) is 4.74. The van der Waals surface area contributed by atoms with Gasteiger partial charge in [-0.2, -0.15) is 0 Å². The van der Waals surface area contributed by atoms with E-state index in [1.807, 2.05) is 18.2 Å². The van der Waals surface area contributed by atoms with Gasteiger partial charge in [0.1, 0.15) is 11.3 Å². The van der Waals surface area contributed by atoms with Gasteiger partial charge in [-0.25, -0.2) is 4.79 Å². The smallest absolute Gasteiger partial charge is 0.326 e. The van der Waals surface area contributed by atoms with Crippen molar-refractivity contribution in [3.8, 4) is 5.75 Å². The van der Waals surface area contributed by atoms with E-state index in [0.717, 1.165) is 36.3 Å². The molecule has 5 nitrogen and oxygen atoms in total. The number of nitrogens with one attached hydrogen (secondary N) is 1. The molecule has 19 heavy (non-hydrogen) atoms. The average Bonchev–Trinajstić information content (AvgIpc) is 2.94. The number of aromatic amines is 1. The molecule has 0 aliphatic carbocycles. The van der Waals surface area contributed by atoms with Crippen molar-refractivity contribution in [1.82, 2.24) is 14.5 Å². The van der Waals surface area contributed by atoms with E-state index in [1.54, 1.807) is 11.7 Å². The minimum atomic E-state index is -0.0557. The quantitative estimate of drug-likeness (QED) is 0.909. The molecule has 1 saturated heterocycles. The lowest BCUT2D eigenvalue weighted by Gasteiger charge is -2.20. The third kappa shape index (κ3) is 2.04. The molecule has 1 aromatic carbocycles. The number of H-pyrrole nitrogens is 1. The molecule has 1 unspecified atom stereocenters. The molecule has 102 valence electrons. The Morgan fingerprint density at radius 2 is 2.32 bits per heavy atom. The lowest BCUT2D eigenvalue weighted by molar-refractivity contribution is 0.282. The zero-order valence-electron chi connectivity index (χ0n) is 11.3. The fraction of sp³-hybridized carbons (Fsp3) is 0.500. The first-order valence-electron chi connectivity index (χ1n) is 6.66. The lowest BCUT2D eigenvalue weighted by atomic mass is 10.2. The van der Waals surface area contributed by atoms with Crippen LogP contribution in [0, 0.1) is 0 Å². The van der Waals surface area contributed by atoms with Crippen LogP contribution < -0.4 is 10.4 Å². The van der Waals surface area contributed by atoms with Crippen LogP contribution in [0.15, 0.2) is 23.0 Å². The Hall–Kier alpha value is -1.75. The van der Waals surface area contributed by atoms with Crippen LogP contribution in [0.4, 0.5) is 0 Å². The van der Waals surface area contributed by atoms with Crippen molar-refractivity contribution in [1.29, 1.82) is 0 Å². The summed E-state index contributed by atoms with van der Waals surface area (Å²) in [6.45, 7) is 1.83. The molecule has 0 spiro atoms. The van der Waals surface area contributed by atoms with E-state index in [0.29, 0.717) is 6.04 Å². The maximum absolute atomic E-state index is 12.1. The van der Waals surface area contributed by atoms with Crippen molar-refractivity contribution in [3.63, 3.8) is 0 Å². The molecule has 2 aromatic rings. The first kappa shape index (κ1) is 12.3. The molecular weight excluding hydrogens is 242 g/mol. The van der Waals surface area contributed by atoms with Crippen molar-refractivity contribution < 1.29 is 4.74 Å². The maximum atomic E-state index is 12.1. The molecule has 1 fully saturated rings. The van der Waals surface area contributed by atoms with E-state index in [1.165, 1.54) is 6.42 Å². The highest BCUT2D eigenvalue weighted by atomic mass is 16.5. The number of rotatable bonds is 3. The topological polar surface area (TPSA) is 50.3 Å². The second-order valence-corrected chi connectivity index (χ2v) is 5.17. The second-order valence-electron chi connectivity index (χ2n) is 5.17. The molecule has 0 amide bonds. The number of hydrogen-bond donors (Lipinski definition) is 1. The Balaban J connectivity index is 2.07. The minimum Gasteiger partial charge on any atom is -0.494 e. The van der Waals surface area contributed by atoms with Crippen molar-refractivity contribution in [2.24, 2.45) is 0 Å². The van der Waals surface area contributed by atoms with Gasteiger partial charge in [-0.3, -0.25) is 4.57 Å². The molecule has 0 bridgehead atoms. The summed E-state index contributed by atoms with van der Waals surface area (Å²) in [4.78, 5) is 17.4. The van der Waals surface area contributed by atoms with Gasteiger partial charge < -0.3 is 14.6 Å². The summed E-state index contributed by atoms with van der Waals surface area (Å²) < 4.78 is 7.19. The van der Waals surface area contributed by atoms with Crippen LogP contribution in [0.25, 0.3) is 11.0 Å². The van der Waals surface area contributed by atoms with Gasteiger partial charge in [0, 0.05) is 12.6 Å². The van der Waals surface area contributed by atoms with Gasteiger partial charge in [0.05, 0.1) is 12.6 Å². The van der Waals surface area contributed by atoms with E-state index in [9.17, 15) is 4.79 Å². The van der Waals surface area contributed by atoms with Gasteiger partial charge in [-0.15, -0.1) is 0 Å². The number of likely N-dealkylation sites (tertiary alicyclic amines) is 1. The molecule has 1 aromatic heterocycles. The molecule has 1 atom stereocenters. The number of benzene rings is 1. The van der Waals surface area contributed by atoms with Crippen LogP contribution in [0.2, 0.25) is 0 Å². The van der Waals surface area contributed by atoms with Crippen molar-refractivity contribution in [3.05, 3.63) is 28.7 Å². The van der Waals surface area contributed by atoms with E-state index >= 15 is 0 Å². The largest absolute Gasteiger partial charge is 0.494 e. The predicted molar refractivity (Wildman–Crippen MR) is 74.8 cm³/mol. The zero-order valence-corrected chi connectivity index (χ0v) is 11.3. The molecule has 0 saturated carbocycles. The molecule has 3 rings (SSSR count). The third-order valence-electron chi connectivity index (χ3n) is 4.04. The number of likely N-dealkylation sites (N-methyl/N-ethyl adjacent to an activating group) is 1. The van der Waals surface area contributed by atoms with Gasteiger partial charge in [-0.1, -0.05) is 6.07 Å². The SMILES string of the molecule is COc1cccc2[nH]c(=O)n(CC3CCCN3C)c12. The van der Waals surface area contributed by atoms with Crippen molar-refractivity contribution in [2.75, 3.05) is 20.7 Å². The number of imidazole rings is 1. The Morgan fingerprint density at radius 1 is 1.47 bits per heavy atom. The van der Waals surface area contributed by atoms with Crippen LogP contribution >= 0.6 is 0 Å². The molecule has 2 heterocycles. The molecule has 0 radical (unpaired) electrons. The van der Waals surface area contributed by atoms with E-state index in [2.05, 4.69) is 16.9 Å². The summed E-state index contributed by atoms with van der Waals surface area (Å²) in [5.74, 6) is 0.747. The molecule has 1 aliphatic heterocycles. The maximum Gasteiger partial charge on any atom is 0.326 e. The molecule has 1 N–H and O–H groups in total. The van der Waals surface area contributed by atoms with E-state index in [-0.39, 0.29) is 5.69 Å². The Labute approximate surface area is 111 Å². The fourth-order valence-electron chi connectivity index (χ4n) is 2.95. The lowest BCUT2D eigenvalue weighted by Crippen LogP contribution is -2.32. The summed E-state index contributed by atoms with van der Waals surface area (Å²) in [5, 5.41) is 0. The van der Waals surface area contributed by atoms with Crippen LogP contribution in [0.5, 0.6) is 5.75 Å². The third-order valence-corrected chi connectivity index (χ3v) is 4.04. The number of methoxy groups -OCH3 is 1. The van der Waals surface area contributed by atoms with Gasteiger partial charge in [-0.05, 0) is 38.6 Å². The summed E-state index contributed by atoms with van der Waals surface area (Å²) in [6, 6.07) is 6.13. The highest BCUT2D eigenvalue weighted by Gasteiger charge is 2.23. The van der Waals surface area contributed by atoms with E-state index < -0.39 is 0 Å². The Bertz CT molecular complexity index is 644. The van der Waals surface area contributed by atoms with Crippen LogP contribution in [0.3, 0.4) is 0 Å². The Kier molecular flexibility index (Phi) is 3.06. The van der Waals surface area contributed by atoms with Gasteiger partial charge in [0.25, 0.3) is 0 Å². The predicted octanol–water partition coefficient (Wildman–Crippen LogP) is 1.43. The first-order valence-corrected chi connectivity index (χ1v) is 6.66. The van der Waals surface area contributed by atoms with Gasteiger partial charge in [0.15, 0.2) is 0 Å². The summed E-state index contributed by atoms with van der Waals surface area (Å²) >= 11 is 0. The number of aromatic nitrogens is 2. The summed E-state index contributed by atoms with van der Waals surface area (Å²) in [5.41, 5.74) is 1.65. The Morgan fingerprint density at radius 3 is 3.00 bits per heavy atom. The fourth-order valence-corrected chi connectivity index (χ4v) is 2.95. The number of fused-ring (bicyclic) bond motifs is 1. The number of nitrogens with zero attached hydrogens (tertiary/aromatic N) is 2. The number of ether oxygens (including phenoxy) is 1. The minimum absolute atomic E-state index is 0.0557. The zero-order chi connectivity index (χ0) is 13.4. The molecular formula is C14H19N3O2. The van der Waals surface area contributed by atoms with Crippen molar-refractivity contribution in [2.45, 2.75) is 25.4 Å². The first-order chi connectivity index (χ1) is 9.20. The standard InChI is InChI=1S/C14H19N3O2/c1-16-8-4-5-10(16)9-17-13-11(15-14(17)18)6-3-7-12(13)19-2/h3,6-7,10H,4-5,8-9H2,1-2H3,(H,15,18). The summed E-state index contributed by atoms with van der Waals surface area (Å²) in [6.07, 6.45) is 2.35. The molecule has 1 aliphatic rings. The average molecular weight is 261 g/mol. The number of para-hydroxylation sites is 1. The van der Waals surface area contributed by atoms with Crippen LogP contribution in [0.1, 0.15) is 12.8 Å². The van der Waals surface area contributed by atoms with Crippen LogP contribution in [-0.2, 0) is 6.54 Å². The van der Waals surface area contributed by atoms with E-state index in [4.69, 9.17) is 4.74 Å². The van der Waals surface area contributed by atoms with Gasteiger partial charge in [0.2, 0.25) is 0 Å². The highest BCUT2D eigenvalue weighted by molar-refractivity contribution is 5.82. The van der Waals surface area contributed by atoms with Crippen LogP contribution in [-0.4, -0.2) is 41.2 Å². The highest BCUT2D eigenvalue weighted by Crippen LogP contribution is 2.25. The number of hydrogen-bond acceptors (Lipinski definition) is 3. The monoisotopic (exact) mass is 261 g/mol. The summed E-state index contributed by atoms with van der Waals surface area (Å²) in [7, 11) is 3.76. The van der Waals surface area contributed by atoms with Gasteiger partial charge >= 0.3 is 5.69 Å².